The zero-order valence-electron chi connectivity index (χ0n) is 17.2. The van der Waals surface area contributed by atoms with Gasteiger partial charge < -0.3 is 14.4 Å². The molecule has 1 atom stereocenters. The van der Waals surface area contributed by atoms with E-state index in [0.29, 0.717) is 33.9 Å². The molecule has 0 aliphatic carbocycles. The molecule has 1 N–H and O–H groups in total. The average molecular weight is 436 g/mol. The minimum atomic E-state index is -0.908. The van der Waals surface area contributed by atoms with Crippen LogP contribution in [0.2, 0.25) is 0 Å². The molecule has 32 heavy (non-hydrogen) atoms. The van der Waals surface area contributed by atoms with Crippen LogP contribution in [-0.2, 0) is 6.54 Å². The van der Waals surface area contributed by atoms with E-state index >= 15 is 0 Å². The molecule has 0 amide bonds. The van der Waals surface area contributed by atoms with Crippen LogP contribution in [0.3, 0.4) is 0 Å². The second kappa shape index (κ2) is 7.65. The summed E-state index contributed by atoms with van der Waals surface area (Å²) < 4.78 is 36.2. The summed E-state index contributed by atoms with van der Waals surface area (Å²) in [7, 11) is 1.53. The monoisotopic (exact) mass is 436 g/mol. The molecule has 0 bridgehead atoms. The van der Waals surface area contributed by atoms with E-state index in [1.165, 1.54) is 25.6 Å². The second-order valence-corrected chi connectivity index (χ2v) is 7.37. The van der Waals surface area contributed by atoms with Crippen LogP contribution in [0.25, 0.3) is 27.8 Å². The van der Waals surface area contributed by atoms with E-state index in [0.717, 1.165) is 17.2 Å². The van der Waals surface area contributed by atoms with Gasteiger partial charge >= 0.3 is 0 Å². The van der Waals surface area contributed by atoms with Gasteiger partial charge in [-0.05, 0) is 36.8 Å². The molecule has 5 rings (SSSR count). The zero-order chi connectivity index (χ0) is 22.4. The van der Waals surface area contributed by atoms with Crippen LogP contribution in [-0.4, -0.2) is 41.3 Å². The van der Waals surface area contributed by atoms with E-state index in [4.69, 9.17) is 4.74 Å². The Morgan fingerprint density at radius 3 is 2.62 bits per heavy atom. The van der Waals surface area contributed by atoms with E-state index in [9.17, 15) is 13.9 Å². The lowest BCUT2D eigenvalue weighted by molar-refractivity contribution is 0.185. The summed E-state index contributed by atoms with van der Waals surface area (Å²) in [6, 6.07) is 7.05. The summed E-state index contributed by atoms with van der Waals surface area (Å²) in [5.41, 5.74) is 3.63. The molecule has 0 aliphatic rings. The standard InChI is InChI=1S/C22H18F2N6O2/c1-12(31)21-28-20-18(29(21)10-13-5-15(23)8-16(24)6-13)7-14(9-25-20)17-3-4-30-19(17)22(32-2)26-11-27-30/h3-9,11-12,31H,10H2,1-2H3/t12-/m0/s1. The molecule has 0 aliphatic heterocycles. The second-order valence-electron chi connectivity index (χ2n) is 7.37. The quantitative estimate of drug-likeness (QED) is 0.453. The fourth-order valence-electron chi connectivity index (χ4n) is 3.85. The van der Waals surface area contributed by atoms with E-state index < -0.39 is 17.7 Å². The van der Waals surface area contributed by atoms with Crippen LogP contribution in [0.4, 0.5) is 8.78 Å². The van der Waals surface area contributed by atoms with E-state index in [-0.39, 0.29) is 6.54 Å². The van der Waals surface area contributed by atoms with Crippen molar-refractivity contribution in [3.8, 4) is 17.0 Å². The molecule has 1 aromatic carbocycles. The Bertz CT molecular complexity index is 1440. The van der Waals surface area contributed by atoms with Crippen LogP contribution < -0.4 is 4.74 Å². The first-order valence-electron chi connectivity index (χ1n) is 9.80. The largest absolute Gasteiger partial charge is 0.479 e. The normalized spacial score (nSPS) is 12.5. The Hall–Kier alpha value is -3.92. The lowest BCUT2D eigenvalue weighted by atomic mass is 10.1. The van der Waals surface area contributed by atoms with Crippen molar-refractivity contribution in [2.24, 2.45) is 0 Å². The molecule has 8 nitrogen and oxygen atoms in total. The van der Waals surface area contributed by atoms with Crippen molar-refractivity contribution in [3.05, 3.63) is 72.1 Å². The third-order valence-electron chi connectivity index (χ3n) is 5.20. The van der Waals surface area contributed by atoms with Gasteiger partial charge in [-0.2, -0.15) is 10.1 Å². The number of benzene rings is 1. The highest BCUT2D eigenvalue weighted by molar-refractivity contribution is 5.88. The maximum Gasteiger partial charge on any atom is 0.241 e. The SMILES string of the molecule is COc1ncnn2ccc(-c3cnc4nc([C@H](C)O)n(Cc5cc(F)cc(F)c5)c4c3)c12. The number of fused-ring (bicyclic) bond motifs is 2. The Balaban J connectivity index is 1.69. The fourth-order valence-corrected chi connectivity index (χ4v) is 3.85. The number of hydrogen-bond acceptors (Lipinski definition) is 6. The maximum atomic E-state index is 13.7. The third-order valence-corrected chi connectivity index (χ3v) is 5.20. The highest BCUT2D eigenvalue weighted by Gasteiger charge is 2.19. The summed E-state index contributed by atoms with van der Waals surface area (Å²) in [6.45, 7) is 1.69. The first kappa shape index (κ1) is 20.0. The zero-order valence-corrected chi connectivity index (χ0v) is 17.2. The predicted molar refractivity (Wildman–Crippen MR) is 112 cm³/mol. The number of aromatic nitrogens is 6. The summed E-state index contributed by atoms with van der Waals surface area (Å²) >= 11 is 0. The first-order chi connectivity index (χ1) is 15.4. The number of aliphatic hydroxyl groups is 1. The van der Waals surface area contributed by atoms with Gasteiger partial charge in [-0.3, -0.25) is 0 Å². The van der Waals surface area contributed by atoms with Gasteiger partial charge in [0.15, 0.2) is 5.65 Å². The molecule has 0 spiro atoms. The summed E-state index contributed by atoms with van der Waals surface area (Å²) in [4.78, 5) is 13.1. The molecule has 5 aromatic rings. The van der Waals surface area contributed by atoms with Crippen molar-refractivity contribution >= 4 is 16.7 Å². The number of rotatable bonds is 5. The molecule has 0 unspecified atom stereocenters. The van der Waals surface area contributed by atoms with Crippen LogP contribution in [0, 0.1) is 11.6 Å². The highest BCUT2D eigenvalue weighted by Crippen LogP contribution is 2.32. The van der Waals surface area contributed by atoms with Crippen molar-refractivity contribution in [1.82, 2.24) is 29.1 Å². The maximum absolute atomic E-state index is 13.7. The predicted octanol–water partition coefficient (Wildman–Crippen LogP) is 3.53. The van der Waals surface area contributed by atoms with E-state index in [1.54, 1.807) is 28.4 Å². The van der Waals surface area contributed by atoms with Gasteiger partial charge in [-0.1, -0.05) is 0 Å². The Kier molecular flexibility index (Phi) is 4.78. The number of ether oxygens (including phenoxy) is 1. The molecule has 162 valence electrons. The molecular formula is C22H18F2N6O2. The molecule has 4 aromatic heterocycles. The van der Waals surface area contributed by atoms with Crippen LogP contribution >= 0.6 is 0 Å². The summed E-state index contributed by atoms with van der Waals surface area (Å²) in [6.07, 6.45) is 3.94. The van der Waals surface area contributed by atoms with Crippen molar-refractivity contribution in [1.29, 1.82) is 0 Å². The number of methoxy groups -OCH3 is 1. The smallest absolute Gasteiger partial charge is 0.241 e. The third kappa shape index (κ3) is 3.34. The number of aliphatic hydroxyl groups excluding tert-OH is 1. The molecule has 10 heteroatoms. The molecule has 0 radical (unpaired) electrons. The Morgan fingerprint density at radius 1 is 1.12 bits per heavy atom. The summed E-state index contributed by atoms with van der Waals surface area (Å²) in [5, 5.41) is 14.5. The van der Waals surface area contributed by atoms with Crippen LogP contribution in [0.1, 0.15) is 24.4 Å². The van der Waals surface area contributed by atoms with Gasteiger partial charge in [-0.25, -0.2) is 23.3 Å². The van der Waals surface area contributed by atoms with E-state index in [1.807, 2.05) is 12.1 Å². The van der Waals surface area contributed by atoms with Gasteiger partial charge in [0, 0.05) is 36.1 Å². The van der Waals surface area contributed by atoms with Gasteiger partial charge in [0.2, 0.25) is 5.88 Å². The van der Waals surface area contributed by atoms with Gasteiger partial charge in [0.05, 0.1) is 12.6 Å². The van der Waals surface area contributed by atoms with Crippen molar-refractivity contribution in [2.75, 3.05) is 7.11 Å². The lowest BCUT2D eigenvalue weighted by Gasteiger charge is -2.12. The fraction of sp³-hybridized carbons (Fsp3) is 0.182. The molecule has 0 saturated heterocycles. The Morgan fingerprint density at radius 2 is 1.91 bits per heavy atom. The summed E-state index contributed by atoms with van der Waals surface area (Å²) in [5.74, 6) is -0.589. The van der Waals surface area contributed by atoms with Crippen molar-refractivity contribution in [2.45, 2.75) is 19.6 Å². The van der Waals surface area contributed by atoms with Gasteiger partial charge in [0.25, 0.3) is 0 Å². The minimum absolute atomic E-state index is 0.111. The average Bonchev–Trinajstić information content (AvgIpc) is 3.34. The van der Waals surface area contributed by atoms with Gasteiger partial charge in [0.1, 0.15) is 35.4 Å². The number of halogens is 2. The lowest BCUT2D eigenvalue weighted by Crippen LogP contribution is -2.08. The van der Waals surface area contributed by atoms with Crippen molar-refractivity contribution < 1.29 is 18.6 Å². The number of imidazole rings is 1. The molecule has 4 heterocycles. The topological polar surface area (TPSA) is 90.4 Å². The van der Waals surface area contributed by atoms with Crippen LogP contribution in [0.15, 0.2) is 49.1 Å². The van der Waals surface area contributed by atoms with E-state index in [2.05, 4.69) is 20.1 Å². The minimum Gasteiger partial charge on any atom is -0.479 e. The highest BCUT2D eigenvalue weighted by atomic mass is 19.1. The molecule has 0 saturated carbocycles. The number of hydrogen-bond donors (Lipinski definition) is 1. The first-order valence-corrected chi connectivity index (χ1v) is 9.80. The van der Waals surface area contributed by atoms with Gasteiger partial charge in [-0.15, -0.1) is 0 Å². The number of pyridine rings is 1. The molecule has 0 fully saturated rings. The van der Waals surface area contributed by atoms with Crippen LogP contribution in [0.5, 0.6) is 5.88 Å². The van der Waals surface area contributed by atoms with Crippen molar-refractivity contribution in [3.63, 3.8) is 0 Å². The molecular weight excluding hydrogens is 418 g/mol. The number of nitrogens with zero attached hydrogens (tertiary/aromatic N) is 6. The Labute approximate surface area is 180 Å².